The largest absolute Gasteiger partial charge is 0.490 e. The highest BCUT2D eigenvalue weighted by Gasteiger charge is 2.43. The van der Waals surface area contributed by atoms with Crippen LogP contribution >= 0.6 is 0 Å². The lowest BCUT2D eigenvalue weighted by molar-refractivity contribution is -0.201. The molecule has 0 spiro atoms. The van der Waals surface area contributed by atoms with Crippen LogP contribution in [0, 0.1) is 0 Å². The Kier molecular flexibility index (Phi) is 6.72. The van der Waals surface area contributed by atoms with Crippen LogP contribution < -0.4 is 5.73 Å². The van der Waals surface area contributed by atoms with E-state index < -0.39 is 24.2 Å². The Morgan fingerprint density at radius 2 is 1.88 bits per heavy atom. The third-order valence-corrected chi connectivity index (χ3v) is 5.95. The number of aliphatic imine (C=N–C) groups is 1. The molecule has 1 aliphatic rings. The van der Waals surface area contributed by atoms with Crippen LogP contribution in [0.1, 0.15) is 51.7 Å². The zero-order valence-corrected chi connectivity index (χ0v) is 19.1. The van der Waals surface area contributed by atoms with Gasteiger partial charge in [0.1, 0.15) is 13.2 Å². The molecule has 1 aromatic heterocycles. The van der Waals surface area contributed by atoms with Crippen LogP contribution in [-0.4, -0.2) is 41.8 Å². The molecular weight excluding hydrogens is 435 g/mol. The molecule has 178 valence electrons. The highest BCUT2D eigenvalue weighted by atomic mass is 19.4. The molecule has 9 heteroatoms. The van der Waals surface area contributed by atoms with Crippen molar-refractivity contribution in [2.45, 2.75) is 57.7 Å². The average Bonchev–Trinajstić information content (AvgIpc) is 3.14. The Morgan fingerprint density at radius 1 is 1.21 bits per heavy atom. The summed E-state index contributed by atoms with van der Waals surface area (Å²) in [6, 6.07) is 8.94. The Labute approximate surface area is 191 Å². The number of aromatic nitrogens is 1. The molecule has 2 aromatic rings. The van der Waals surface area contributed by atoms with Crippen molar-refractivity contribution in [1.29, 1.82) is 0 Å². The first kappa shape index (κ1) is 24.5. The van der Waals surface area contributed by atoms with Gasteiger partial charge in [-0.3, -0.25) is 4.98 Å². The van der Waals surface area contributed by atoms with Gasteiger partial charge in [0.05, 0.1) is 22.5 Å². The standard InChI is InChI=1S/C24H28F3N3O3/c1-5-23(6-2,14-33-21(31)24(25,26)27)17-10-8-7-9-16(17)19-18(28)11-15(12-29-19)20-30-22(3,4)13-32-20/h7-12H,5-6,13-14,28H2,1-4H3. The maximum absolute atomic E-state index is 12.7. The van der Waals surface area contributed by atoms with Gasteiger partial charge < -0.3 is 15.2 Å². The number of rotatable bonds is 7. The van der Waals surface area contributed by atoms with Crippen molar-refractivity contribution in [2.75, 3.05) is 18.9 Å². The molecule has 1 aromatic carbocycles. The number of anilines is 1. The number of carbonyl (C=O) groups is 1. The lowest BCUT2D eigenvalue weighted by atomic mass is 9.74. The van der Waals surface area contributed by atoms with E-state index in [9.17, 15) is 18.0 Å². The summed E-state index contributed by atoms with van der Waals surface area (Å²) in [6.45, 7) is 7.66. The number of nitrogens with two attached hydrogens (primary N) is 1. The van der Waals surface area contributed by atoms with Crippen molar-refractivity contribution < 1.29 is 27.4 Å². The normalized spacial score (nSPS) is 15.7. The number of benzene rings is 1. The van der Waals surface area contributed by atoms with Crippen molar-refractivity contribution in [3.8, 4) is 11.3 Å². The van der Waals surface area contributed by atoms with Crippen molar-refractivity contribution >= 4 is 17.6 Å². The number of ether oxygens (including phenoxy) is 2. The third kappa shape index (κ3) is 5.12. The molecule has 0 amide bonds. The summed E-state index contributed by atoms with van der Waals surface area (Å²) in [5.41, 5.74) is 8.09. The molecular formula is C24H28F3N3O3. The molecule has 3 rings (SSSR count). The second-order valence-electron chi connectivity index (χ2n) is 8.79. The number of carbonyl (C=O) groups excluding carboxylic acids is 1. The summed E-state index contributed by atoms with van der Waals surface area (Å²) in [6.07, 6.45) is -2.53. The number of pyridine rings is 1. The maximum atomic E-state index is 12.7. The van der Waals surface area contributed by atoms with E-state index in [4.69, 9.17) is 10.5 Å². The topological polar surface area (TPSA) is 86.8 Å². The second-order valence-corrected chi connectivity index (χ2v) is 8.79. The minimum absolute atomic E-state index is 0.328. The van der Waals surface area contributed by atoms with Crippen LogP contribution in [0.2, 0.25) is 0 Å². The van der Waals surface area contributed by atoms with Gasteiger partial charge in [0, 0.05) is 17.2 Å². The summed E-state index contributed by atoms with van der Waals surface area (Å²) in [4.78, 5) is 20.5. The van der Waals surface area contributed by atoms with Crippen LogP contribution in [-0.2, 0) is 19.7 Å². The van der Waals surface area contributed by atoms with Crippen LogP contribution in [0.3, 0.4) is 0 Å². The van der Waals surface area contributed by atoms with Gasteiger partial charge >= 0.3 is 12.1 Å². The summed E-state index contributed by atoms with van der Waals surface area (Å²) in [7, 11) is 0. The number of nitrogen functional groups attached to an aromatic ring is 1. The summed E-state index contributed by atoms with van der Waals surface area (Å²) in [5, 5.41) is 0. The van der Waals surface area contributed by atoms with E-state index in [1.807, 2.05) is 39.8 Å². The Hall–Kier alpha value is -3.10. The minimum atomic E-state index is -5.05. The molecule has 0 saturated carbocycles. The van der Waals surface area contributed by atoms with Crippen molar-refractivity contribution in [2.24, 2.45) is 4.99 Å². The zero-order chi connectivity index (χ0) is 24.4. The molecule has 2 N–H and O–H groups in total. The fourth-order valence-electron chi connectivity index (χ4n) is 3.91. The Balaban J connectivity index is 2.00. The van der Waals surface area contributed by atoms with E-state index >= 15 is 0 Å². The highest BCUT2D eigenvalue weighted by molar-refractivity contribution is 5.97. The smallest absolute Gasteiger partial charge is 0.475 e. The maximum Gasteiger partial charge on any atom is 0.490 e. The first-order chi connectivity index (χ1) is 15.4. The van der Waals surface area contributed by atoms with Crippen LogP contribution in [0.5, 0.6) is 0 Å². The molecule has 0 atom stereocenters. The molecule has 0 bridgehead atoms. The van der Waals surface area contributed by atoms with Gasteiger partial charge in [-0.15, -0.1) is 0 Å². The number of halogens is 3. The fourth-order valence-corrected chi connectivity index (χ4v) is 3.91. The molecule has 6 nitrogen and oxygen atoms in total. The summed E-state index contributed by atoms with van der Waals surface area (Å²) >= 11 is 0. The molecule has 0 unspecified atom stereocenters. The van der Waals surface area contributed by atoms with Gasteiger partial charge in [0.15, 0.2) is 0 Å². The lowest BCUT2D eigenvalue weighted by Crippen LogP contribution is -2.36. The quantitative estimate of drug-likeness (QED) is 0.581. The highest BCUT2D eigenvalue weighted by Crippen LogP contribution is 2.40. The number of nitrogens with zero attached hydrogens (tertiary/aromatic N) is 2. The second kappa shape index (κ2) is 9.03. The van der Waals surface area contributed by atoms with Gasteiger partial charge in [0.2, 0.25) is 5.90 Å². The zero-order valence-electron chi connectivity index (χ0n) is 19.1. The molecule has 0 saturated heterocycles. The first-order valence-electron chi connectivity index (χ1n) is 10.7. The summed E-state index contributed by atoms with van der Waals surface area (Å²) in [5.74, 6) is -1.73. The Bertz CT molecular complexity index is 1060. The lowest BCUT2D eigenvalue weighted by Gasteiger charge is -2.33. The molecule has 1 aliphatic heterocycles. The van der Waals surface area contributed by atoms with E-state index in [0.29, 0.717) is 53.4 Å². The van der Waals surface area contributed by atoms with Crippen LogP contribution in [0.25, 0.3) is 11.3 Å². The van der Waals surface area contributed by atoms with Crippen LogP contribution in [0.4, 0.5) is 18.9 Å². The van der Waals surface area contributed by atoms with E-state index in [0.717, 1.165) is 0 Å². The minimum Gasteiger partial charge on any atom is -0.475 e. The van der Waals surface area contributed by atoms with E-state index in [1.165, 1.54) is 0 Å². The Morgan fingerprint density at radius 3 is 2.42 bits per heavy atom. The van der Waals surface area contributed by atoms with E-state index in [-0.39, 0.29) is 5.54 Å². The third-order valence-electron chi connectivity index (χ3n) is 5.95. The first-order valence-corrected chi connectivity index (χ1v) is 10.7. The van der Waals surface area contributed by atoms with Crippen LogP contribution in [0.15, 0.2) is 41.5 Å². The van der Waals surface area contributed by atoms with E-state index in [2.05, 4.69) is 14.7 Å². The SMILES string of the molecule is CCC(CC)(COC(=O)C(F)(F)F)c1ccccc1-c1ncc(C2=NC(C)(C)CO2)cc1N. The number of alkyl halides is 3. The average molecular weight is 464 g/mol. The van der Waals surface area contributed by atoms with Gasteiger partial charge in [-0.1, -0.05) is 38.1 Å². The predicted octanol–water partition coefficient (Wildman–Crippen LogP) is 5.05. The molecule has 33 heavy (non-hydrogen) atoms. The number of hydrogen-bond donors (Lipinski definition) is 1. The monoisotopic (exact) mass is 463 g/mol. The predicted molar refractivity (Wildman–Crippen MR) is 120 cm³/mol. The molecule has 0 aliphatic carbocycles. The van der Waals surface area contributed by atoms with Gasteiger partial charge in [-0.2, -0.15) is 13.2 Å². The van der Waals surface area contributed by atoms with Crippen molar-refractivity contribution in [3.05, 3.63) is 47.7 Å². The van der Waals surface area contributed by atoms with Crippen molar-refractivity contribution in [3.63, 3.8) is 0 Å². The van der Waals surface area contributed by atoms with Gasteiger partial charge in [-0.05, 0) is 38.3 Å². The van der Waals surface area contributed by atoms with Crippen molar-refractivity contribution in [1.82, 2.24) is 4.98 Å². The van der Waals surface area contributed by atoms with E-state index in [1.54, 1.807) is 24.4 Å². The number of esters is 1. The van der Waals surface area contributed by atoms with Gasteiger partial charge in [0.25, 0.3) is 0 Å². The molecule has 0 radical (unpaired) electrons. The molecule has 2 heterocycles. The van der Waals surface area contributed by atoms with Gasteiger partial charge in [-0.25, -0.2) is 9.79 Å². The fraction of sp³-hybridized carbons (Fsp3) is 0.458. The summed E-state index contributed by atoms with van der Waals surface area (Å²) < 4.78 is 48.5. The molecule has 0 fully saturated rings. The number of hydrogen-bond acceptors (Lipinski definition) is 6.